The molecule has 26 heavy (non-hydrogen) atoms. The van der Waals surface area contributed by atoms with Crippen LogP contribution in [0, 0.1) is 0 Å². The van der Waals surface area contributed by atoms with Crippen molar-refractivity contribution in [3.8, 4) is 0 Å². The molecule has 2 heterocycles. The van der Waals surface area contributed by atoms with Crippen LogP contribution >= 0.6 is 27.5 Å². The van der Waals surface area contributed by atoms with Gasteiger partial charge in [-0.05, 0) is 47.1 Å². The Bertz CT molecular complexity index is 798. The predicted molar refractivity (Wildman–Crippen MR) is 109 cm³/mol. The second-order valence-corrected chi connectivity index (χ2v) is 7.24. The molecule has 0 bridgehead atoms. The molecule has 1 aromatic carbocycles. The number of halogens is 2. The number of anilines is 2. The van der Waals surface area contributed by atoms with E-state index in [1.54, 1.807) is 12.1 Å². The topological polar surface area (TPSA) is 48.7 Å². The van der Waals surface area contributed by atoms with E-state index in [2.05, 4.69) is 43.2 Å². The first-order chi connectivity index (χ1) is 12.6. The number of hydrogen-bond donors (Lipinski definition) is 1. The van der Waals surface area contributed by atoms with Crippen LogP contribution in [0.5, 0.6) is 0 Å². The van der Waals surface area contributed by atoms with Crippen LogP contribution in [0.2, 0.25) is 5.02 Å². The average Bonchev–Trinajstić information content (AvgIpc) is 3.07. The highest BCUT2D eigenvalue weighted by atomic mass is 79.9. The zero-order chi connectivity index (χ0) is 18.5. The van der Waals surface area contributed by atoms with Crippen molar-refractivity contribution in [3.63, 3.8) is 0 Å². The lowest BCUT2D eigenvalue weighted by molar-refractivity contribution is 0.0995. The van der Waals surface area contributed by atoms with Crippen molar-refractivity contribution in [1.82, 2.24) is 4.90 Å². The Hall–Kier alpha value is -1.76. The van der Waals surface area contributed by atoms with Crippen LogP contribution in [-0.4, -0.2) is 43.5 Å². The van der Waals surface area contributed by atoms with Crippen molar-refractivity contribution < 1.29 is 9.21 Å². The van der Waals surface area contributed by atoms with Crippen LogP contribution in [0.25, 0.3) is 0 Å². The molecule has 5 nitrogen and oxygen atoms in total. The molecule has 1 aliphatic heterocycles. The third-order valence-electron chi connectivity index (χ3n) is 4.32. The Labute approximate surface area is 166 Å². The fraction of sp³-hybridized carbons (Fsp3) is 0.316. The van der Waals surface area contributed by atoms with Gasteiger partial charge in [0.1, 0.15) is 0 Å². The molecular formula is C19H21BrClN3O2. The molecule has 1 saturated heterocycles. The summed E-state index contributed by atoms with van der Waals surface area (Å²) in [4.78, 5) is 17.1. The second kappa shape index (κ2) is 8.75. The lowest BCUT2D eigenvalue weighted by Gasteiger charge is -2.36. The molecule has 0 unspecified atom stereocenters. The van der Waals surface area contributed by atoms with E-state index in [4.69, 9.17) is 16.0 Å². The molecule has 7 heteroatoms. The third kappa shape index (κ3) is 4.50. The Morgan fingerprint density at radius 3 is 2.69 bits per heavy atom. The van der Waals surface area contributed by atoms with Crippen molar-refractivity contribution in [2.24, 2.45) is 0 Å². The largest absolute Gasteiger partial charge is 0.444 e. The van der Waals surface area contributed by atoms with Gasteiger partial charge in [-0.2, -0.15) is 0 Å². The molecule has 1 fully saturated rings. The Morgan fingerprint density at radius 1 is 1.27 bits per heavy atom. The maximum Gasteiger partial charge on any atom is 0.291 e. The van der Waals surface area contributed by atoms with Gasteiger partial charge >= 0.3 is 0 Å². The summed E-state index contributed by atoms with van der Waals surface area (Å²) < 4.78 is 5.85. The number of carbonyl (C=O) groups is 1. The number of para-hydroxylation sites is 1. The van der Waals surface area contributed by atoms with Crippen molar-refractivity contribution in [2.75, 3.05) is 42.9 Å². The Kier molecular flexibility index (Phi) is 6.40. The molecule has 0 spiro atoms. The normalized spacial score (nSPS) is 15.6. The van der Waals surface area contributed by atoms with Crippen molar-refractivity contribution in [1.29, 1.82) is 0 Å². The van der Waals surface area contributed by atoms with Crippen molar-refractivity contribution in [2.45, 2.75) is 6.92 Å². The fourth-order valence-corrected chi connectivity index (χ4v) is 3.57. The second-order valence-electron chi connectivity index (χ2n) is 6.05. The van der Waals surface area contributed by atoms with Crippen LogP contribution in [0.1, 0.15) is 17.5 Å². The standard InChI is InChI=1S/C19H21BrClN3O2/c1-2-3-9-23-10-12-24(13-11-23)18-14(21)5-4-6-15(18)22-19(25)16-7-8-17(20)26-16/h2-8H,9-13H2,1H3,(H,22,25)/b3-2+. The molecular weight excluding hydrogens is 418 g/mol. The molecule has 3 rings (SSSR count). The summed E-state index contributed by atoms with van der Waals surface area (Å²) in [5.74, 6) is -0.0510. The van der Waals surface area contributed by atoms with E-state index in [9.17, 15) is 4.79 Å². The number of benzene rings is 1. The first-order valence-electron chi connectivity index (χ1n) is 8.52. The number of nitrogens with zero attached hydrogens (tertiary/aromatic N) is 2. The summed E-state index contributed by atoms with van der Waals surface area (Å²) in [6.45, 7) is 6.62. The number of piperazine rings is 1. The quantitative estimate of drug-likeness (QED) is 0.691. The van der Waals surface area contributed by atoms with Gasteiger partial charge in [-0.1, -0.05) is 29.8 Å². The van der Waals surface area contributed by atoms with E-state index >= 15 is 0 Å². The minimum Gasteiger partial charge on any atom is -0.444 e. The van der Waals surface area contributed by atoms with E-state index in [1.807, 2.05) is 25.1 Å². The van der Waals surface area contributed by atoms with Crippen LogP contribution < -0.4 is 10.2 Å². The zero-order valence-corrected chi connectivity index (χ0v) is 16.9. The number of nitrogens with one attached hydrogen (secondary N) is 1. The maximum absolute atomic E-state index is 12.4. The van der Waals surface area contributed by atoms with E-state index in [1.165, 1.54) is 0 Å². The molecule has 138 valence electrons. The van der Waals surface area contributed by atoms with Crippen molar-refractivity contribution >= 4 is 44.8 Å². The van der Waals surface area contributed by atoms with E-state index < -0.39 is 0 Å². The van der Waals surface area contributed by atoms with Gasteiger partial charge in [0.25, 0.3) is 5.91 Å². The molecule has 1 amide bonds. The molecule has 2 aromatic rings. The maximum atomic E-state index is 12.4. The van der Waals surface area contributed by atoms with Crippen molar-refractivity contribution in [3.05, 3.63) is 57.9 Å². The van der Waals surface area contributed by atoms with Gasteiger partial charge in [0.05, 0.1) is 16.4 Å². The molecule has 1 aliphatic rings. The molecule has 0 radical (unpaired) electrons. The number of furan rings is 1. The van der Waals surface area contributed by atoms with Gasteiger partial charge in [-0.25, -0.2) is 0 Å². The van der Waals surface area contributed by atoms with E-state index in [-0.39, 0.29) is 11.7 Å². The summed E-state index contributed by atoms with van der Waals surface area (Å²) in [7, 11) is 0. The highest BCUT2D eigenvalue weighted by Gasteiger charge is 2.22. The van der Waals surface area contributed by atoms with Gasteiger partial charge in [-0.15, -0.1) is 0 Å². The van der Waals surface area contributed by atoms with Gasteiger partial charge < -0.3 is 14.6 Å². The first kappa shape index (κ1) is 19.0. The highest BCUT2D eigenvalue weighted by Crippen LogP contribution is 2.35. The zero-order valence-electron chi connectivity index (χ0n) is 14.5. The van der Waals surface area contributed by atoms with E-state index in [0.29, 0.717) is 15.4 Å². The van der Waals surface area contributed by atoms with Crippen LogP contribution in [0.3, 0.4) is 0 Å². The molecule has 0 aliphatic carbocycles. The predicted octanol–water partition coefficient (Wildman–Crippen LogP) is 4.65. The van der Waals surface area contributed by atoms with Gasteiger partial charge in [0.15, 0.2) is 10.4 Å². The minimum atomic E-state index is -0.300. The number of hydrogen-bond acceptors (Lipinski definition) is 4. The third-order valence-corrected chi connectivity index (χ3v) is 5.05. The smallest absolute Gasteiger partial charge is 0.291 e. The van der Waals surface area contributed by atoms with Crippen LogP contribution in [0.4, 0.5) is 11.4 Å². The summed E-state index contributed by atoms with van der Waals surface area (Å²) in [6.07, 6.45) is 4.24. The van der Waals surface area contributed by atoms with Crippen LogP contribution in [-0.2, 0) is 0 Å². The number of amides is 1. The molecule has 1 N–H and O–H groups in total. The van der Waals surface area contributed by atoms with Gasteiger partial charge in [-0.3, -0.25) is 9.69 Å². The minimum absolute atomic E-state index is 0.249. The summed E-state index contributed by atoms with van der Waals surface area (Å²) in [5, 5.41) is 3.55. The number of rotatable bonds is 5. The highest BCUT2D eigenvalue weighted by molar-refractivity contribution is 9.10. The summed E-state index contributed by atoms with van der Waals surface area (Å²) in [5.41, 5.74) is 1.55. The fourth-order valence-electron chi connectivity index (χ4n) is 2.97. The SMILES string of the molecule is C/C=C/CN1CCN(c2c(Cl)cccc2NC(=O)c2ccc(Br)o2)CC1. The Balaban J connectivity index is 1.75. The summed E-state index contributed by atoms with van der Waals surface area (Å²) >= 11 is 9.68. The number of carbonyl (C=O) groups excluding carboxylic acids is 1. The van der Waals surface area contributed by atoms with Gasteiger partial charge in [0.2, 0.25) is 0 Å². The first-order valence-corrected chi connectivity index (χ1v) is 9.69. The average molecular weight is 439 g/mol. The number of allylic oxidation sites excluding steroid dienone is 1. The molecule has 0 saturated carbocycles. The van der Waals surface area contributed by atoms with E-state index in [0.717, 1.165) is 38.4 Å². The summed E-state index contributed by atoms with van der Waals surface area (Å²) in [6, 6.07) is 8.87. The lowest BCUT2D eigenvalue weighted by atomic mass is 10.2. The molecule has 1 aromatic heterocycles. The van der Waals surface area contributed by atoms with Gasteiger partial charge in [0, 0.05) is 32.7 Å². The monoisotopic (exact) mass is 437 g/mol. The molecule has 0 atom stereocenters. The lowest BCUT2D eigenvalue weighted by Crippen LogP contribution is -2.46. The Morgan fingerprint density at radius 2 is 2.04 bits per heavy atom. The van der Waals surface area contributed by atoms with Crippen LogP contribution in [0.15, 0.2) is 51.6 Å².